The molecule has 4 bridgehead atoms. The number of fused-ring (bicyclic) bond motifs is 10. The number of nitrogen functional groups attached to an aromatic ring is 1. The number of nitrogens with one attached hydrogen (secondary N) is 1. The maximum Gasteiger partial charge on any atom is 0.231 e. The number of anilines is 2. The quantitative estimate of drug-likeness (QED) is 0.135. The van der Waals surface area contributed by atoms with Crippen molar-refractivity contribution in [3.05, 3.63) is 178 Å². The SMILES string of the molecule is CC1(C)[C@H]2CC[C@]1(c1cccc(-c3cnc(N)c(C#N)c3)n1)c1nnc(-c3c(F)cccc3F)cc12.CC1(C)[C@H]2CC[C@]1(c1cccc(-c3cnc(NS(C)(=O)=O)c(C#N)c3)n1)c1nnc(-c3c(F)cccc3F)cc12. The van der Waals surface area contributed by atoms with Gasteiger partial charge in [0.15, 0.2) is 5.82 Å². The predicted octanol–water partition coefficient (Wildman–Crippen LogP) is 10.9. The Balaban J connectivity index is 0.000000163. The first-order valence-corrected chi connectivity index (χ1v) is 26.3. The van der Waals surface area contributed by atoms with Crippen molar-refractivity contribution >= 4 is 21.7 Å². The summed E-state index contributed by atoms with van der Waals surface area (Å²) in [7, 11) is -3.61. The zero-order valence-electron chi connectivity index (χ0n) is 41.7. The summed E-state index contributed by atoms with van der Waals surface area (Å²) in [5, 5.41) is 36.7. The van der Waals surface area contributed by atoms with Crippen molar-refractivity contribution in [2.45, 2.75) is 76.0 Å². The average Bonchev–Trinajstić information content (AvgIpc) is 4.17. The molecular weight excluding hydrogens is 993 g/mol. The zero-order chi connectivity index (χ0) is 53.7. The number of nitriles is 2. The van der Waals surface area contributed by atoms with Crippen molar-refractivity contribution in [3.63, 3.8) is 0 Å². The van der Waals surface area contributed by atoms with Gasteiger partial charge in [0.05, 0.1) is 84.9 Å². The van der Waals surface area contributed by atoms with E-state index in [9.17, 15) is 36.5 Å². The largest absolute Gasteiger partial charge is 0.383 e. The van der Waals surface area contributed by atoms with Gasteiger partial charge in [-0.25, -0.2) is 35.9 Å². The summed E-state index contributed by atoms with van der Waals surface area (Å²) in [5.41, 5.74) is 12.0. The summed E-state index contributed by atoms with van der Waals surface area (Å²) in [6, 6.07) is 29.8. The fraction of sp³-hybridized carbons (Fsp3) is 0.263. The van der Waals surface area contributed by atoms with Crippen molar-refractivity contribution in [1.29, 1.82) is 10.5 Å². The first kappa shape index (κ1) is 49.7. The van der Waals surface area contributed by atoms with E-state index >= 15 is 0 Å². The molecule has 0 aliphatic heterocycles. The second-order valence-electron chi connectivity index (χ2n) is 20.9. The molecule has 380 valence electrons. The van der Waals surface area contributed by atoms with E-state index in [4.69, 9.17) is 15.7 Å². The van der Waals surface area contributed by atoms with E-state index in [0.29, 0.717) is 28.1 Å². The van der Waals surface area contributed by atoms with Crippen LogP contribution in [0.15, 0.2) is 109 Å². The lowest BCUT2D eigenvalue weighted by Crippen LogP contribution is -2.37. The standard InChI is InChI=1S/C29H24F2N6O2S.C28H22F2N6/c1-28(2)19-10-11-29(28,26-18(19)13-23(35-36-26)25-20(30)6-4-7-21(25)31)24-9-5-8-22(34-24)17-12-16(14-32)27(33-15-17)37-40(3,38)39;1-27(2)18-9-10-28(27,23-8-4-7-21(34-23)16-11-15(13-31)26(32)33-14-16)25-17(18)12-22(35-36-25)24-19(29)5-3-6-20(24)30/h4-9,12-13,15,19H,10-11H2,1-3H3,(H,33,37);3-8,11-12,14,18H,9-10H2,1-2H3,(H2,32,33)/t19-,29-;18-,28-/m00/s1. The molecule has 2 saturated carbocycles. The first-order valence-electron chi connectivity index (χ1n) is 24.4. The number of hydrogen-bond acceptors (Lipinski definition) is 13. The molecule has 8 aromatic rings. The Labute approximate surface area is 435 Å². The minimum absolute atomic E-state index is 0.0506. The number of nitrogens with zero attached hydrogens (tertiary/aromatic N) is 10. The van der Waals surface area contributed by atoms with Crippen LogP contribution in [-0.2, 0) is 20.9 Å². The number of aromatic nitrogens is 8. The monoisotopic (exact) mass is 1040 g/mol. The van der Waals surface area contributed by atoms with Crippen LogP contribution in [0.2, 0.25) is 0 Å². The molecule has 6 heterocycles. The highest BCUT2D eigenvalue weighted by Crippen LogP contribution is 2.71. The highest BCUT2D eigenvalue weighted by Gasteiger charge is 2.66. The summed E-state index contributed by atoms with van der Waals surface area (Å²) in [6.45, 7) is 8.71. The van der Waals surface area contributed by atoms with Gasteiger partial charge >= 0.3 is 0 Å². The normalized spacial score (nSPS) is 20.9. The fourth-order valence-electron chi connectivity index (χ4n) is 12.8. The second kappa shape index (κ2) is 17.8. The lowest BCUT2D eigenvalue weighted by atomic mass is 9.66. The second-order valence-corrected chi connectivity index (χ2v) is 22.6. The molecule has 4 aliphatic carbocycles. The Morgan fingerprint density at radius 1 is 0.592 bits per heavy atom. The molecule has 19 heteroatoms. The van der Waals surface area contributed by atoms with Crippen LogP contribution in [0.5, 0.6) is 0 Å². The van der Waals surface area contributed by atoms with Gasteiger partial charge in [0.2, 0.25) is 10.0 Å². The van der Waals surface area contributed by atoms with Gasteiger partial charge in [-0.1, -0.05) is 52.0 Å². The molecule has 3 N–H and O–H groups in total. The number of pyridine rings is 4. The van der Waals surface area contributed by atoms with Crippen LogP contribution < -0.4 is 10.5 Å². The van der Waals surface area contributed by atoms with E-state index in [1.165, 1.54) is 42.6 Å². The molecule has 2 fully saturated rings. The number of nitrogens with two attached hydrogens (primary N) is 1. The number of hydrogen-bond donors (Lipinski definition) is 2. The Morgan fingerprint density at radius 2 is 1.01 bits per heavy atom. The lowest BCUT2D eigenvalue weighted by Gasteiger charge is -2.37. The molecule has 0 amide bonds. The minimum atomic E-state index is -3.61. The van der Waals surface area contributed by atoms with Gasteiger partial charge < -0.3 is 5.73 Å². The number of halogens is 4. The Hall–Kier alpha value is -8.55. The third kappa shape index (κ3) is 7.50. The van der Waals surface area contributed by atoms with E-state index in [1.807, 2.05) is 36.4 Å². The van der Waals surface area contributed by atoms with Gasteiger partial charge in [-0.05, 0) is 132 Å². The van der Waals surface area contributed by atoms with Gasteiger partial charge in [0.1, 0.15) is 41.2 Å². The maximum absolute atomic E-state index is 14.6. The third-order valence-electron chi connectivity index (χ3n) is 16.5. The molecule has 2 aromatic carbocycles. The Bertz CT molecular complexity index is 3910. The lowest BCUT2D eigenvalue weighted by molar-refractivity contribution is 0.243. The van der Waals surface area contributed by atoms with Crippen molar-refractivity contribution in [2.75, 3.05) is 16.7 Å². The molecule has 76 heavy (non-hydrogen) atoms. The fourth-order valence-corrected chi connectivity index (χ4v) is 13.3. The van der Waals surface area contributed by atoms with Crippen LogP contribution in [0.25, 0.3) is 45.0 Å². The number of rotatable bonds is 8. The van der Waals surface area contributed by atoms with Crippen molar-refractivity contribution < 1.29 is 26.0 Å². The molecule has 4 aliphatic rings. The highest BCUT2D eigenvalue weighted by atomic mass is 32.2. The van der Waals surface area contributed by atoms with Crippen molar-refractivity contribution in [1.82, 2.24) is 40.3 Å². The van der Waals surface area contributed by atoms with Crippen LogP contribution in [-0.4, -0.2) is 55.0 Å². The zero-order valence-corrected chi connectivity index (χ0v) is 42.5. The summed E-state index contributed by atoms with van der Waals surface area (Å²) in [4.78, 5) is 18.3. The van der Waals surface area contributed by atoms with E-state index < -0.39 is 44.1 Å². The van der Waals surface area contributed by atoms with Crippen LogP contribution in [0.1, 0.15) is 110 Å². The smallest absolute Gasteiger partial charge is 0.231 e. The molecular formula is C57H46F4N12O2S. The summed E-state index contributed by atoms with van der Waals surface area (Å²) in [5.74, 6) is -2.35. The van der Waals surface area contributed by atoms with Gasteiger partial charge in [0, 0.05) is 23.5 Å². The van der Waals surface area contributed by atoms with Crippen LogP contribution in [0, 0.1) is 56.8 Å². The molecule has 0 unspecified atom stereocenters. The van der Waals surface area contributed by atoms with Crippen LogP contribution >= 0.6 is 0 Å². The molecule has 0 saturated heterocycles. The first-order chi connectivity index (χ1) is 36.2. The summed E-state index contributed by atoms with van der Waals surface area (Å²) < 4.78 is 83.7. The van der Waals surface area contributed by atoms with E-state index in [-0.39, 0.29) is 62.4 Å². The predicted molar refractivity (Wildman–Crippen MR) is 275 cm³/mol. The summed E-state index contributed by atoms with van der Waals surface area (Å²) in [6.07, 6.45) is 7.43. The molecule has 0 radical (unpaired) electrons. The van der Waals surface area contributed by atoms with Crippen molar-refractivity contribution in [2.24, 2.45) is 10.8 Å². The maximum atomic E-state index is 14.6. The van der Waals surface area contributed by atoms with E-state index in [1.54, 1.807) is 36.5 Å². The highest BCUT2D eigenvalue weighted by molar-refractivity contribution is 7.92. The van der Waals surface area contributed by atoms with E-state index in [2.05, 4.69) is 68.8 Å². The Kier molecular flexibility index (Phi) is 11.6. The molecule has 0 spiro atoms. The van der Waals surface area contributed by atoms with Crippen molar-refractivity contribution in [3.8, 4) is 57.2 Å². The Morgan fingerprint density at radius 3 is 1.45 bits per heavy atom. The number of sulfonamides is 1. The third-order valence-corrected chi connectivity index (χ3v) is 17.1. The topological polar surface area (TPSA) is 223 Å². The minimum Gasteiger partial charge on any atom is -0.383 e. The number of benzene rings is 2. The average molecular weight is 1040 g/mol. The van der Waals surface area contributed by atoms with E-state index in [0.717, 1.165) is 65.8 Å². The van der Waals surface area contributed by atoms with Gasteiger partial charge in [-0.15, -0.1) is 10.2 Å². The summed E-state index contributed by atoms with van der Waals surface area (Å²) >= 11 is 0. The van der Waals surface area contributed by atoms with Crippen LogP contribution in [0.3, 0.4) is 0 Å². The molecule has 4 atom stereocenters. The van der Waals surface area contributed by atoms with Gasteiger partial charge in [0.25, 0.3) is 0 Å². The molecule has 12 rings (SSSR count). The molecule has 6 aromatic heterocycles. The molecule has 14 nitrogen and oxygen atoms in total. The van der Waals surface area contributed by atoms with Gasteiger partial charge in [-0.3, -0.25) is 14.7 Å². The van der Waals surface area contributed by atoms with Crippen LogP contribution in [0.4, 0.5) is 29.2 Å². The van der Waals surface area contributed by atoms with Gasteiger partial charge in [-0.2, -0.15) is 20.7 Å².